The smallest absolute Gasteiger partial charge is 0.149 e. The summed E-state index contributed by atoms with van der Waals surface area (Å²) in [6.07, 6.45) is 0.191. The van der Waals surface area contributed by atoms with Gasteiger partial charge in [0, 0.05) is 18.8 Å². The molecular formula is C20H16O3. The molecule has 3 heteroatoms. The number of carbonyl (C=O) groups is 3. The summed E-state index contributed by atoms with van der Waals surface area (Å²) in [5, 5.41) is 0. The minimum Gasteiger partial charge on any atom is -0.299 e. The molecule has 0 N–H and O–H groups in total. The second-order valence-electron chi connectivity index (χ2n) is 6.35. The lowest BCUT2D eigenvalue weighted by molar-refractivity contribution is -0.140. The molecule has 2 aliphatic carbocycles. The van der Waals surface area contributed by atoms with Gasteiger partial charge in [-0.2, -0.15) is 0 Å². The first-order valence-corrected chi connectivity index (χ1v) is 7.86. The Morgan fingerprint density at radius 2 is 1.26 bits per heavy atom. The molecule has 3 nitrogen and oxygen atoms in total. The summed E-state index contributed by atoms with van der Waals surface area (Å²) in [4.78, 5) is 38.1. The molecule has 0 aliphatic heterocycles. The van der Waals surface area contributed by atoms with E-state index < -0.39 is 17.3 Å². The van der Waals surface area contributed by atoms with Gasteiger partial charge in [-0.25, -0.2) is 0 Å². The van der Waals surface area contributed by atoms with Gasteiger partial charge in [0.15, 0.2) is 0 Å². The van der Waals surface area contributed by atoms with E-state index in [1.807, 2.05) is 60.7 Å². The van der Waals surface area contributed by atoms with Gasteiger partial charge in [-0.05, 0) is 11.1 Å². The van der Waals surface area contributed by atoms with E-state index in [1.165, 1.54) is 0 Å². The maximum atomic E-state index is 13.2. The monoisotopic (exact) mass is 304 g/mol. The van der Waals surface area contributed by atoms with Crippen LogP contribution in [0.15, 0.2) is 60.7 Å². The summed E-state index contributed by atoms with van der Waals surface area (Å²) < 4.78 is 0. The largest absolute Gasteiger partial charge is 0.299 e. The molecule has 4 rings (SSSR count). The topological polar surface area (TPSA) is 51.2 Å². The Labute approximate surface area is 134 Å². The zero-order valence-electron chi connectivity index (χ0n) is 12.6. The second-order valence-corrected chi connectivity index (χ2v) is 6.35. The molecule has 0 amide bonds. The molecule has 0 spiro atoms. The number of ketones is 3. The Morgan fingerprint density at radius 1 is 0.739 bits per heavy atom. The zero-order valence-corrected chi connectivity index (χ0v) is 12.6. The van der Waals surface area contributed by atoms with Crippen LogP contribution in [0.1, 0.15) is 24.0 Å². The van der Waals surface area contributed by atoms with Crippen LogP contribution in [0, 0.1) is 11.8 Å². The summed E-state index contributed by atoms with van der Waals surface area (Å²) >= 11 is 0. The lowest BCUT2D eigenvalue weighted by Gasteiger charge is -2.40. The Balaban J connectivity index is 2.02. The molecule has 2 aliphatic rings. The fraction of sp³-hybridized carbons (Fsp3) is 0.250. The van der Waals surface area contributed by atoms with E-state index in [9.17, 15) is 14.4 Å². The highest BCUT2D eigenvalue weighted by Gasteiger charge is 2.61. The van der Waals surface area contributed by atoms with Gasteiger partial charge in [-0.15, -0.1) is 0 Å². The molecule has 0 heterocycles. The van der Waals surface area contributed by atoms with Crippen molar-refractivity contribution in [1.82, 2.24) is 0 Å². The van der Waals surface area contributed by atoms with Crippen molar-refractivity contribution in [2.45, 2.75) is 18.3 Å². The number of Topliss-reactive ketones (excluding diaryl/α,β-unsaturated/α-hetero) is 3. The van der Waals surface area contributed by atoms with Crippen molar-refractivity contribution in [2.24, 2.45) is 11.8 Å². The highest BCUT2D eigenvalue weighted by Crippen LogP contribution is 2.51. The summed E-state index contributed by atoms with van der Waals surface area (Å²) in [5.41, 5.74) is 0.591. The number of hydrogen-bond acceptors (Lipinski definition) is 3. The van der Waals surface area contributed by atoms with Gasteiger partial charge in [0.2, 0.25) is 0 Å². The van der Waals surface area contributed by atoms with Crippen molar-refractivity contribution in [3.05, 3.63) is 71.8 Å². The molecule has 2 atom stereocenters. The SMILES string of the molecule is O=C1CC2C(=O)C1CC(=O)C2(c1ccccc1)c1ccccc1. The molecule has 2 aromatic rings. The molecule has 0 radical (unpaired) electrons. The quantitative estimate of drug-likeness (QED) is 0.802. The van der Waals surface area contributed by atoms with Crippen molar-refractivity contribution in [2.75, 3.05) is 0 Å². The van der Waals surface area contributed by atoms with Gasteiger partial charge in [-0.3, -0.25) is 14.4 Å². The normalized spacial score (nSPS) is 25.7. The highest BCUT2D eigenvalue weighted by molar-refractivity contribution is 6.19. The Hall–Kier alpha value is -2.55. The van der Waals surface area contributed by atoms with E-state index in [-0.39, 0.29) is 30.2 Å². The van der Waals surface area contributed by atoms with Gasteiger partial charge in [0.05, 0.1) is 11.3 Å². The standard InChI is InChI=1S/C20H16O3/c21-17-12-16-19(23)15(17)11-18(22)20(16,13-7-3-1-4-8-13)14-9-5-2-6-10-14/h1-10,15-16H,11-12H2. The van der Waals surface area contributed by atoms with Crippen molar-refractivity contribution in [1.29, 1.82) is 0 Å². The Morgan fingerprint density at radius 3 is 1.78 bits per heavy atom. The number of fused-ring (bicyclic) bond motifs is 2. The van der Waals surface area contributed by atoms with Gasteiger partial charge in [0.1, 0.15) is 17.3 Å². The van der Waals surface area contributed by atoms with Crippen LogP contribution >= 0.6 is 0 Å². The highest BCUT2D eigenvalue weighted by atomic mass is 16.2. The molecule has 2 saturated carbocycles. The van der Waals surface area contributed by atoms with Crippen LogP contribution in [0.3, 0.4) is 0 Å². The number of hydrogen-bond donors (Lipinski definition) is 0. The fourth-order valence-corrected chi connectivity index (χ4v) is 4.26. The van der Waals surface area contributed by atoms with Gasteiger partial charge in [0.25, 0.3) is 0 Å². The van der Waals surface area contributed by atoms with Crippen LogP contribution in [-0.4, -0.2) is 17.3 Å². The lowest BCUT2D eigenvalue weighted by Crippen LogP contribution is -2.50. The molecule has 0 aromatic heterocycles. The van der Waals surface area contributed by atoms with Crippen molar-refractivity contribution in [3.8, 4) is 0 Å². The van der Waals surface area contributed by atoms with Crippen LogP contribution in [0.4, 0.5) is 0 Å². The van der Waals surface area contributed by atoms with Gasteiger partial charge < -0.3 is 0 Å². The molecule has 2 fully saturated rings. The first-order valence-electron chi connectivity index (χ1n) is 7.86. The van der Waals surface area contributed by atoms with E-state index in [0.29, 0.717) is 0 Å². The van der Waals surface area contributed by atoms with Crippen LogP contribution in [-0.2, 0) is 19.8 Å². The number of rotatable bonds is 2. The van der Waals surface area contributed by atoms with Crippen LogP contribution in [0.5, 0.6) is 0 Å². The summed E-state index contributed by atoms with van der Waals surface area (Å²) in [6.45, 7) is 0. The predicted molar refractivity (Wildman–Crippen MR) is 84.9 cm³/mol. The predicted octanol–water partition coefficient (Wildman–Crippen LogP) is 2.72. The molecular weight excluding hydrogens is 288 g/mol. The summed E-state index contributed by atoms with van der Waals surface area (Å²) in [7, 11) is 0. The van der Waals surface area contributed by atoms with E-state index >= 15 is 0 Å². The maximum Gasteiger partial charge on any atom is 0.149 e. The van der Waals surface area contributed by atoms with E-state index in [2.05, 4.69) is 0 Å². The third-order valence-electron chi connectivity index (χ3n) is 5.29. The Kier molecular flexibility index (Phi) is 3.05. The number of carbonyl (C=O) groups excluding carboxylic acids is 3. The zero-order chi connectivity index (χ0) is 16.0. The third kappa shape index (κ3) is 1.79. The van der Waals surface area contributed by atoms with E-state index in [0.717, 1.165) is 11.1 Å². The van der Waals surface area contributed by atoms with Gasteiger partial charge in [-0.1, -0.05) is 60.7 Å². The minimum absolute atomic E-state index is 0.0182. The first-order chi connectivity index (χ1) is 11.2. The second kappa shape index (κ2) is 4.98. The number of benzene rings is 2. The third-order valence-corrected chi connectivity index (χ3v) is 5.29. The van der Waals surface area contributed by atoms with Gasteiger partial charge >= 0.3 is 0 Å². The van der Waals surface area contributed by atoms with E-state index in [1.54, 1.807) is 0 Å². The van der Waals surface area contributed by atoms with Crippen molar-refractivity contribution >= 4 is 17.3 Å². The molecule has 2 unspecified atom stereocenters. The molecule has 114 valence electrons. The first kappa shape index (κ1) is 14.1. The average Bonchev–Trinajstić information content (AvgIpc) is 2.79. The molecule has 2 aromatic carbocycles. The maximum absolute atomic E-state index is 13.2. The molecule has 23 heavy (non-hydrogen) atoms. The Bertz CT molecular complexity index is 753. The van der Waals surface area contributed by atoms with Crippen LogP contribution in [0.2, 0.25) is 0 Å². The molecule has 2 bridgehead atoms. The summed E-state index contributed by atoms with van der Waals surface area (Å²) in [5.74, 6) is -1.46. The molecule has 0 saturated heterocycles. The minimum atomic E-state index is -1.03. The van der Waals surface area contributed by atoms with E-state index in [4.69, 9.17) is 0 Å². The average molecular weight is 304 g/mol. The van der Waals surface area contributed by atoms with Crippen LogP contribution < -0.4 is 0 Å². The summed E-state index contributed by atoms with van der Waals surface area (Å²) in [6, 6.07) is 18.8. The lowest BCUT2D eigenvalue weighted by atomic mass is 9.58. The van der Waals surface area contributed by atoms with Crippen molar-refractivity contribution < 1.29 is 14.4 Å². The fourth-order valence-electron chi connectivity index (χ4n) is 4.26. The van der Waals surface area contributed by atoms with Crippen molar-refractivity contribution in [3.63, 3.8) is 0 Å². The van der Waals surface area contributed by atoms with Crippen LogP contribution in [0.25, 0.3) is 0 Å².